The number of pyridine rings is 1. The molecule has 0 spiro atoms. The number of nitrogens with zero attached hydrogens (tertiary/aromatic N) is 4. The van der Waals surface area contributed by atoms with Gasteiger partial charge in [0, 0.05) is 25.4 Å². The molecule has 8 nitrogen and oxygen atoms in total. The highest BCUT2D eigenvalue weighted by molar-refractivity contribution is 14.0. The number of halogens is 1. The van der Waals surface area contributed by atoms with Gasteiger partial charge in [0.25, 0.3) is 0 Å². The molecule has 0 bridgehead atoms. The molecule has 1 fully saturated rings. The molecule has 31 heavy (non-hydrogen) atoms. The Morgan fingerprint density at radius 2 is 1.90 bits per heavy atom. The number of benzene rings is 1. The zero-order valence-corrected chi connectivity index (χ0v) is 20.2. The third-order valence-corrected chi connectivity index (χ3v) is 5.34. The van der Waals surface area contributed by atoms with E-state index >= 15 is 0 Å². The quantitative estimate of drug-likeness (QED) is 0.273. The number of aromatic nitrogens is 3. The SMILES string of the molecule is CN=C(NCc1cccc(OC)c1OC1CCCC1)NCc1nnc2ccccn12.I. The van der Waals surface area contributed by atoms with Crippen LogP contribution in [0.1, 0.15) is 37.1 Å². The van der Waals surface area contributed by atoms with E-state index in [0.29, 0.717) is 19.0 Å². The van der Waals surface area contributed by atoms with Crippen LogP contribution in [-0.2, 0) is 13.1 Å². The van der Waals surface area contributed by atoms with Gasteiger partial charge in [-0.05, 0) is 43.9 Å². The van der Waals surface area contributed by atoms with Crippen LogP contribution in [0, 0.1) is 0 Å². The summed E-state index contributed by atoms with van der Waals surface area (Å²) in [5.41, 5.74) is 1.86. The summed E-state index contributed by atoms with van der Waals surface area (Å²) in [6.45, 7) is 1.08. The minimum atomic E-state index is 0. The standard InChI is InChI=1S/C22H28N6O2.HI/c1-23-22(25-15-20-27-26-19-12-5-6-13-28(19)20)24-14-16-8-7-11-18(29-2)21(16)30-17-9-3-4-10-17;/h5-8,11-13,17H,3-4,9-10,14-15H2,1-2H3,(H2,23,24,25);1H. The van der Waals surface area contributed by atoms with Gasteiger partial charge in [0.05, 0.1) is 19.8 Å². The molecule has 4 rings (SSSR count). The molecular formula is C22H29IN6O2. The van der Waals surface area contributed by atoms with Crippen LogP contribution in [0.25, 0.3) is 5.65 Å². The minimum absolute atomic E-state index is 0. The number of nitrogens with one attached hydrogen (secondary N) is 2. The predicted molar refractivity (Wildman–Crippen MR) is 131 cm³/mol. The summed E-state index contributed by atoms with van der Waals surface area (Å²) in [5, 5.41) is 15.1. The van der Waals surface area contributed by atoms with Crippen molar-refractivity contribution in [2.45, 2.75) is 44.9 Å². The number of aliphatic imine (C=N–C) groups is 1. The third-order valence-electron chi connectivity index (χ3n) is 5.34. The molecule has 2 heterocycles. The Hall–Kier alpha value is -2.56. The molecule has 0 amide bonds. The van der Waals surface area contributed by atoms with Gasteiger partial charge in [-0.2, -0.15) is 0 Å². The molecule has 9 heteroatoms. The fourth-order valence-corrected chi connectivity index (χ4v) is 3.74. The lowest BCUT2D eigenvalue weighted by molar-refractivity contribution is 0.198. The Morgan fingerprint density at radius 3 is 2.68 bits per heavy atom. The second kappa shape index (κ2) is 11.2. The van der Waals surface area contributed by atoms with E-state index in [1.165, 1.54) is 12.8 Å². The summed E-state index contributed by atoms with van der Waals surface area (Å²) < 4.78 is 13.8. The van der Waals surface area contributed by atoms with Gasteiger partial charge in [-0.1, -0.05) is 18.2 Å². The maximum Gasteiger partial charge on any atom is 0.191 e. The monoisotopic (exact) mass is 536 g/mol. The largest absolute Gasteiger partial charge is 0.493 e. The molecule has 1 aliphatic rings. The van der Waals surface area contributed by atoms with Gasteiger partial charge in [-0.25, -0.2) is 0 Å². The van der Waals surface area contributed by atoms with Gasteiger partial charge >= 0.3 is 0 Å². The molecule has 3 aromatic rings. The Morgan fingerprint density at radius 1 is 1.10 bits per heavy atom. The van der Waals surface area contributed by atoms with Crippen molar-refractivity contribution in [1.82, 2.24) is 25.2 Å². The molecule has 0 atom stereocenters. The molecule has 0 radical (unpaired) electrons. The van der Waals surface area contributed by atoms with E-state index in [-0.39, 0.29) is 30.1 Å². The second-order valence-electron chi connectivity index (χ2n) is 7.30. The topological polar surface area (TPSA) is 85.1 Å². The maximum absolute atomic E-state index is 6.31. The van der Waals surface area contributed by atoms with E-state index in [1.807, 2.05) is 40.9 Å². The first-order chi connectivity index (χ1) is 14.8. The van der Waals surface area contributed by atoms with Crippen LogP contribution < -0.4 is 20.1 Å². The van der Waals surface area contributed by atoms with Gasteiger partial charge in [-0.15, -0.1) is 34.2 Å². The molecular weight excluding hydrogens is 507 g/mol. The second-order valence-corrected chi connectivity index (χ2v) is 7.30. The normalized spacial score (nSPS) is 14.3. The van der Waals surface area contributed by atoms with Crippen molar-refractivity contribution >= 4 is 35.6 Å². The number of ether oxygens (including phenoxy) is 2. The van der Waals surface area contributed by atoms with Crippen LogP contribution in [0.5, 0.6) is 11.5 Å². The van der Waals surface area contributed by atoms with Crippen LogP contribution in [0.4, 0.5) is 0 Å². The van der Waals surface area contributed by atoms with Crippen molar-refractivity contribution in [3.8, 4) is 11.5 Å². The number of fused-ring (bicyclic) bond motifs is 1. The van der Waals surface area contributed by atoms with Crippen molar-refractivity contribution in [1.29, 1.82) is 0 Å². The Bertz CT molecular complexity index is 1020. The lowest BCUT2D eigenvalue weighted by Gasteiger charge is -2.20. The fraction of sp³-hybridized carbons (Fsp3) is 0.409. The van der Waals surface area contributed by atoms with Crippen LogP contribution in [-0.4, -0.2) is 40.8 Å². The van der Waals surface area contributed by atoms with E-state index < -0.39 is 0 Å². The molecule has 1 saturated carbocycles. The van der Waals surface area contributed by atoms with Gasteiger partial charge in [0.1, 0.15) is 0 Å². The average Bonchev–Trinajstić information content (AvgIpc) is 3.44. The van der Waals surface area contributed by atoms with Crippen molar-refractivity contribution in [3.05, 3.63) is 54.0 Å². The van der Waals surface area contributed by atoms with E-state index in [4.69, 9.17) is 9.47 Å². The van der Waals surface area contributed by atoms with Crippen LogP contribution in [0.15, 0.2) is 47.6 Å². The molecule has 0 saturated heterocycles. The highest BCUT2D eigenvalue weighted by Crippen LogP contribution is 2.34. The summed E-state index contributed by atoms with van der Waals surface area (Å²) in [7, 11) is 3.43. The molecule has 1 aromatic carbocycles. The zero-order valence-electron chi connectivity index (χ0n) is 17.9. The highest BCUT2D eigenvalue weighted by atomic mass is 127. The number of guanidine groups is 1. The lowest BCUT2D eigenvalue weighted by atomic mass is 10.1. The smallest absolute Gasteiger partial charge is 0.191 e. The molecule has 166 valence electrons. The van der Waals surface area contributed by atoms with Gasteiger partial charge in [0.15, 0.2) is 28.9 Å². The summed E-state index contributed by atoms with van der Waals surface area (Å²) in [6.07, 6.45) is 6.85. The van der Waals surface area contributed by atoms with Crippen molar-refractivity contribution in [2.75, 3.05) is 14.2 Å². The van der Waals surface area contributed by atoms with Crippen molar-refractivity contribution < 1.29 is 9.47 Å². The first kappa shape index (κ1) is 23.1. The average molecular weight is 536 g/mol. The Kier molecular flexibility index (Phi) is 8.33. The van der Waals surface area contributed by atoms with Gasteiger partial charge < -0.3 is 20.1 Å². The maximum atomic E-state index is 6.31. The molecule has 0 aliphatic heterocycles. The van der Waals surface area contributed by atoms with Crippen molar-refractivity contribution in [2.24, 2.45) is 4.99 Å². The number of rotatable bonds is 7. The summed E-state index contributed by atoms with van der Waals surface area (Å²) >= 11 is 0. The number of methoxy groups -OCH3 is 1. The van der Waals surface area contributed by atoms with Crippen LogP contribution in [0.2, 0.25) is 0 Å². The Balaban J connectivity index is 0.00000272. The minimum Gasteiger partial charge on any atom is -0.493 e. The van der Waals surface area contributed by atoms with Gasteiger partial charge in [0.2, 0.25) is 0 Å². The third kappa shape index (κ3) is 5.57. The first-order valence-electron chi connectivity index (χ1n) is 10.3. The van der Waals surface area contributed by atoms with E-state index in [0.717, 1.165) is 41.4 Å². The van der Waals surface area contributed by atoms with Crippen LogP contribution >= 0.6 is 24.0 Å². The molecule has 1 aliphatic carbocycles. The molecule has 2 N–H and O–H groups in total. The highest BCUT2D eigenvalue weighted by Gasteiger charge is 2.20. The zero-order chi connectivity index (χ0) is 20.8. The van der Waals surface area contributed by atoms with Crippen LogP contribution in [0.3, 0.4) is 0 Å². The summed E-state index contributed by atoms with van der Waals surface area (Å²) in [4.78, 5) is 4.32. The lowest BCUT2D eigenvalue weighted by Crippen LogP contribution is -2.37. The molecule has 2 aromatic heterocycles. The van der Waals surface area contributed by atoms with E-state index in [1.54, 1.807) is 14.2 Å². The number of para-hydroxylation sites is 1. The predicted octanol–water partition coefficient (Wildman–Crippen LogP) is 3.54. The molecule has 0 unspecified atom stereocenters. The van der Waals surface area contributed by atoms with E-state index in [2.05, 4.69) is 31.9 Å². The Labute approximate surface area is 199 Å². The van der Waals surface area contributed by atoms with Crippen molar-refractivity contribution in [3.63, 3.8) is 0 Å². The van der Waals surface area contributed by atoms with E-state index in [9.17, 15) is 0 Å². The first-order valence-corrected chi connectivity index (χ1v) is 10.3. The number of hydrogen-bond acceptors (Lipinski definition) is 5. The summed E-state index contributed by atoms with van der Waals surface area (Å²) in [6, 6.07) is 11.8. The van der Waals surface area contributed by atoms with Gasteiger partial charge in [-0.3, -0.25) is 9.39 Å². The fourth-order valence-electron chi connectivity index (χ4n) is 3.74. The summed E-state index contributed by atoms with van der Waals surface area (Å²) in [5.74, 6) is 3.08. The number of hydrogen-bond donors (Lipinski definition) is 2.